The molecule has 5 heteroatoms. The maximum atomic E-state index is 10.9. The van der Waals surface area contributed by atoms with Crippen molar-refractivity contribution < 1.29 is 4.79 Å². The molecule has 3 nitrogen and oxygen atoms in total. The van der Waals surface area contributed by atoms with Crippen LogP contribution in [0.4, 0.5) is 0 Å². The lowest BCUT2D eigenvalue weighted by molar-refractivity contribution is 0.101. The molecule has 11 heavy (non-hydrogen) atoms. The molecule has 58 valence electrons. The molecule has 1 aromatic heterocycles. The second-order valence-corrected chi connectivity index (χ2v) is 2.68. The Morgan fingerprint density at radius 1 is 1.55 bits per heavy atom. The number of carbonyl (C=O) groups is 1. The number of hydrogen-bond acceptors (Lipinski definition) is 3. The third kappa shape index (κ3) is 1.67. The molecule has 1 aromatic rings. The zero-order valence-corrected chi connectivity index (χ0v) is 7.15. The summed E-state index contributed by atoms with van der Waals surface area (Å²) < 4.78 is 0. The van der Waals surface area contributed by atoms with Crippen molar-refractivity contribution in [2.75, 3.05) is 0 Å². The summed E-state index contributed by atoms with van der Waals surface area (Å²) in [5.74, 6) is -0.213. The number of nitrogens with zero attached hydrogens (tertiary/aromatic N) is 2. The van der Waals surface area contributed by atoms with E-state index in [2.05, 4.69) is 10.2 Å². The highest BCUT2D eigenvalue weighted by Gasteiger charge is 2.11. The topological polar surface area (TPSA) is 42.9 Å². The normalized spacial score (nSPS) is 9.73. The van der Waals surface area contributed by atoms with Crippen LogP contribution in [0.5, 0.6) is 0 Å². The van der Waals surface area contributed by atoms with E-state index < -0.39 is 0 Å². The van der Waals surface area contributed by atoms with Crippen LogP contribution in [0, 0.1) is 0 Å². The highest BCUT2D eigenvalue weighted by molar-refractivity contribution is 6.38. The molecule has 0 bridgehead atoms. The fraction of sp³-hybridized carbons (Fsp3) is 0.167. The first kappa shape index (κ1) is 8.43. The maximum absolute atomic E-state index is 10.9. The zero-order valence-electron chi connectivity index (χ0n) is 5.64. The van der Waals surface area contributed by atoms with E-state index >= 15 is 0 Å². The van der Waals surface area contributed by atoms with Gasteiger partial charge in [-0.25, -0.2) is 0 Å². The minimum absolute atomic E-state index is 0.0463. The SMILES string of the molecule is CC(=O)c1c(Cl)cnnc1Cl. The van der Waals surface area contributed by atoms with Crippen LogP contribution >= 0.6 is 23.2 Å². The van der Waals surface area contributed by atoms with Crippen LogP contribution in [0.2, 0.25) is 10.2 Å². The first-order valence-electron chi connectivity index (χ1n) is 2.80. The molecule has 0 aliphatic heterocycles. The number of rotatable bonds is 1. The summed E-state index contributed by atoms with van der Waals surface area (Å²) in [5, 5.41) is 7.21. The van der Waals surface area contributed by atoms with Gasteiger partial charge in [0.1, 0.15) is 0 Å². The van der Waals surface area contributed by atoms with E-state index in [1.807, 2.05) is 0 Å². The van der Waals surface area contributed by atoms with E-state index in [0.717, 1.165) is 0 Å². The van der Waals surface area contributed by atoms with Gasteiger partial charge in [-0.2, -0.15) is 5.10 Å². The number of ketones is 1. The molecule has 0 aromatic carbocycles. The molecule has 1 heterocycles. The quantitative estimate of drug-likeness (QED) is 0.637. The van der Waals surface area contributed by atoms with E-state index in [4.69, 9.17) is 23.2 Å². The highest BCUT2D eigenvalue weighted by atomic mass is 35.5. The van der Waals surface area contributed by atoms with Crippen molar-refractivity contribution in [2.24, 2.45) is 0 Å². The summed E-state index contributed by atoms with van der Waals surface area (Å²) in [7, 11) is 0. The third-order valence-electron chi connectivity index (χ3n) is 1.11. The molecular weight excluding hydrogens is 187 g/mol. The lowest BCUT2D eigenvalue weighted by atomic mass is 10.2. The lowest BCUT2D eigenvalue weighted by Gasteiger charge is -1.98. The Balaban J connectivity index is 3.32. The zero-order chi connectivity index (χ0) is 8.43. The van der Waals surface area contributed by atoms with Crippen LogP contribution < -0.4 is 0 Å². The molecule has 0 unspecified atom stereocenters. The number of Topliss-reactive ketones (excluding diaryl/α,β-unsaturated/α-hetero) is 1. The number of halogens is 2. The molecule has 0 aliphatic carbocycles. The summed E-state index contributed by atoms with van der Waals surface area (Å²) in [6.07, 6.45) is 1.28. The predicted molar refractivity (Wildman–Crippen MR) is 42.1 cm³/mol. The van der Waals surface area contributed by atoms with Gasteiger partial charge in [0, 0.05) is 0 Å². The summed E-state index contributed by atoms with van der Waals surface area (Å²) >= 11 is 11.2. The number of carbonyl (C=O) groups excluding carboxylic acids is 1. The molecule has 0 aliphatic rings. The summed E-state index contributed by atoms with van der Waals surface area (Å²) in [5.41, 5.74) is 0.225. The van der Waals surface area contributed by atoms with Gasteiger partial charge in [-0.3, -0.25) is 4.79 Å². The molecule has 0 atom stereocenters. The van der Waals surface area contributed by atoms with Gasteiger partial charge in [-0.15, -0.1) is 5.10 Å². The fourth-order valence-corrected chi connectivity index (χ4v) is 1.25. The minimum atomic E-state index is -0.213. The van der Waals surface area contributed by atoms with Crippen LogP contribution in [0.1, 0.15) is 17.3 Å². The monoisotopic (exact) mass is 190 g/mol. The second-order valence-electron chi connectivity index (χ2n) is 1.91. The smallest absolute Gasteiger partial charge is 0.164 e. The van der Waals surface area contributed by atoms with E-state index in [1.165, 1.54) is 13.1 Å². The molecule has 0 N–H and O–H groups in total. The van der Waals surface area contributed by atoms with Crippen LogP contribution in [-0.2, 0) is 0 Å². The number of aromatic nitrogens is 2. The van der Waals surface area contributed by atoms with E-state index in [1.54, 1.807) is 0 Å². The third-order valence-corrected chi connectivity index (χ3v) is 1.66. The van der Waals surface area contributed by atoms with Crippen LogP contribution in [0.3, 0.4) is 0 Å². The standard InChI is InChI=1S/C6H4Cl2N2O/c1-3(11)5-4(7)2-9-10-6(5)8/h2H,1H3. The molecule has 0 fully saturated rings. The lowest BCUT2D eigenvalue weighted by Crippen LogP contribution is -1.98. The Morgan fingerprint density at radius 3 is 2.55 bits per heavy atom. The van der Waals surface area contributed by atoms with Gasteiger partial charge in [-0.1, -0.05) is 23.2 Å². The van der Waals surface area contributed by atoms with Crippen molar-refractivity contribution in [1.82, 2.24) is 10.2 Å². The predicted octanol–water partition coefficient (Wildman–Crippen LogP) is 1.99. The summed E-state index contributed by atoms with van der Waals surface area (Å²) in [6, 6.07) is 0. The van der Waals surface area contributed by atoms with Gasteiger partial charge in [-0.05, 0) is 6.92 Å². The van der Waals surface area contributed by atoms with Gasteiger partial charge in [0.25, 0.3) is 0 Å². The molecule has 0 spiro atoms. The van der Waals surface area contributed by atoms with Crippen molar-refractivity contribution in [1.29, 1.82) is 0 Å². The molecule has 0 radical (unpaired) electrons. The van der Waals surface area contributed by atoms with Crippen molar-refractivity contribution >= 4 is 29.0 Å². The van der Waals surface area contributed by atoms with Crippen molar-refractivity contribution in [3.63, 3.8) is 0 Å². The molecule has 1 rings (SSSR count). The van der Waals surface area contributed by atoms with E-state index in [0.29, 0.717) is 0 Å². The van der Waals surface area contributed by atoms with Gasteiger partial charge in [0.15, 0.2) is 10.9 Å². The summed E-state index contributed by atoms with van der Waals surface area (Å²) in [6.45, 7) is 1.37. The summed E-state index contributed by atoms with van der Waals surface area (Å²) in [4.78, 5) is 10.9. The highest BCUT2D eigenvalue weighted by Crippen LogP contribution is 2.20. The Kier molecular flexibility index (Phi) is 2.42. The van der Waals surface area contributed by atoms with Gasteiger partial charge in [0.2, 0.25) is 0 Å². The first-order chi connectivity index (χ1) is 5.13. The molecule has 0 amide bonds. The number of hydrogen-bond donors (Lipinski definition) is 0. The van der Waals surface area contributed by atoms with Gasteiger partial charge in [0.05, 0.1) is 16.8 Å². The van der Waals surface area contributed by atoms with Crippen LogP contribution in [-0.4, -0.2) is 16.0 Å². The average molecular weight is 191 g/mol. The van der Waals surface area contributed by atoms with Crippen molar-refractivity contribution in [3.8, 4) is 0 Å². The Bertz CT molecular complexity index is 280. The second kappa shape index (κ2) is 3.15. The maximum Gasteiger partial charge on any atom is 0.164 e. The Hall–Kier alpha value is -0.670. The fourth-order valence-electron chi connectivity index (χ4n) is 0.657. The molecule has 0 saturated heterocycles. The van der Waals surface area contributed by atoms with Crippen molar-refractivity contribution in [2.45, 2.75) is 6.92 Å². The average Bonchev–Trinajstić information content (AvgIpc) is 1.85. The van der Waals surface area contributed by atoms with Gasteiger partial charge >= 0.3 is 0 Å². The van der Waals surface area contributed by atoms with Crippen LogP contribution in [0.15, 0.2) is 6.20 Å². The molecule has 0 saturated carbocycles. The van der Waals surface area contributed by atoms with Gasteiger partial charge < -0.3 is 0 Å². The van der Waals surface area contributed by atoms with E-state index in [-0.39, 0.29) is 21.5 Å². The Morgan fingerprint density at radius 2 is 2.18 bits per heavy atom. The van der Waals surface area contributed by atoms with Crippen molar-refractivity contribution in [3.05, 3.63) is 21.9 Å². The Labute approximate surface area is 73.3 Å². The van der Waals surface area contributed by atoms with Crippen LogP contribution in [0.25, 0.3) is 0 Å². The van der Waals surface area contributed by atoms with E-state index in [9.17, 15) is 4.79 Å². The minimum Gasteiger partial charge on any atom is -0.294 e. The first-order valence-corrected chi connectivity index (χ1v) is 3.56. The molecular formula is C6H4Cl2N2O. The largest absolute Gasteiger partial charge is 0.294 e.